The van der Waals surface area contributed by atoms with E-state index >= 15 is 0 Å². The predicted octanol–water partition coefficient (Wildman–Crippen LogP) is -1.82. The van der Waals surface area contributed by atoms with E-state index in [1.54, 1.807) is 7.05 Å². The molecule has 7 heteroatoms. The molecule has 1 aliphatic rings. The van der Waals surface area contributed by atoms with Gasteiger partial charge in [0.25, 0.3) is 0 Å². The molecule has 1 saturated heterocycles. The molecule has 94 valence electrons. The molecule has 0 saturated carbocycles. The van der Waals surface area contributed by atoms with E-state index < -0.39 is 9.84 Å². The second-order valence-corrected chi connectivity index (χ2v) is 6.33. The number of carbonyl (C=O) groups is 1. The molecule has 1 amide bonds. The third-order valence-corrected chi connectivity index (χ3v) is 4.47. The van der Waals surface area contributed by atoms with Gasteiger partial charge in [0.15, 0.2) is 9.84 Å². The van der Waals surface area contributed by atoms with E-state index in [9.17, 15) is 13.2 Å². The molecule has 16 heavy (non-hydrogen) atoms. The van der Waals surface area contributed by atoms with E-state index in [1.165, 1.54) is 0 Å². The van der Waals surface area contributed by atoms with Crippen LogP contribution in [0.3, 0.4) is 0 Å². The van der Waals surface area contributed by atoms with Crippen molar-refractivity contribution in [3.63, 3.8) is 0 Å². The first-order valence-electron chi connectivity index (χ1n) is 5.34. The molecule has 0 spiro atoms. The van der Waals surface area contributed by atoms with Crippen LogP contribution in [0.1, 0.15) is 6.42 Å². The van der Waals surface area contributed by atoms with Crippen LogP contribution in [0, 0.1) is 0 Å². The Morgan fingerprint density at radius 2 is 2.00 bits per heavy atom. The smallest absolute Gasteiger partial charge is 0.234 e. The molecule has 0 radical (unpaired) electrons. The number of sulfone groups is 1. The second-order valence-electron chi connectivity index (χ2n) is 4.03. The normalized spacial score (nSPS) is 22.8. The van der Waals surface area contributed by atoms with Gasteiger partial charge >= 0.3 is 0 Å². The molecule has 3 N–H and O–H groups in total. The van der Waals surface area contributed by atoms with Crippen LogP contribution in [-0.4, -0.2) is 63.5 Å². The van der Waals surface area contributed by atoms with Crippen molar-refractivity contribution in [1.82, 2.24) is 10.2 Å². The fraction of sp³-hybridized carbons (Fsp3) is 0.889. The maximum atomic E-state index is 11.2. The zero-order valence-corrected chi connectivity index (χ0v) is 10.3. The monoisotopic (exact) mass is 249 g/mol. The molecule has 0 bridgehead atoms. The minimum atomic E-state index is -2.83. The number of likely N-dealkylation sites (N-methyl/N-ethyl adjacent to an activating group) is 1. The van der Waals surface area contributed by atoms with Gasteiger partial charge in [-0.05, 0) is 13.5 Å². The molecular formula is C9H19N3O3S. The van der Waals surface area contributed by atoms with Crippen LogP contribution in [0.15, 0.2) is 0 Å². The number of hydrogen-bond acceptors (Lipinski definition) is 5. The lowest BCUT2D eigenvalue weighted by Crippen LogP contribution is -2.45. The summed E-state index contributed by atoms with van der Waals surface area (Å²) in [6.45, 7) is 1.80. The molecule has 6 nitrogen and oxygen atoms in total. The van der Waals surface area contributed by atoms with Crippen LogP contribution in [0.4, 0.5) is 0 Å². The molecule has 0 aliphatic carbocycles. The molecule has 1 atom stereocenters. The van der Waals surface area contributed by atoms with Crippen molar-refractivity contribution in [3.05, 3.63) is 0 Å². The fourth-order valence-electron chi connectivity index (χ4n) is 1.71. The summed E-state index contributed by atoms with van der Waals surface area (Å²) in [5.74, 6) is 0.0637. The third kappa shape index (κ3) is 4.07. The van der Waals surface area contributed by atoms with Crippen LogP contribution in [0.5, 0.6) is 0 Å². The molecule has 1 fully saturated rings. The second kappa shape index (κ2) is 5.60. The van der Waals surface area contributed by atoms with E-state index in [2.05, 4.69) is 5.32 Å². The summed E-state index contributed by atoms with van der Waals surface area (Å²) in [4.78, 5) is 13.0. The van der Waals surface area contributed by atoms with E-state index in [0.29, 0.717) is 26.1 Å². The molecule has 1 rings (SSSR count). The van der Waals surface area contributed by atoms with E-state index in [1.807, 2.05) is 4.90 Å². The summed E-state index contributed by atoms with van der Waals surface area (Å²) in [5.41, 5.74) is 5.19. The maximum Gasteiger partial charge on any atom is 0.234 e. The lowest BCUT2D eigenvalue weighted by atomic mass is 10.2. The molecular weight excluding hydrogens is 230 g/mol. The van der Waals surface area contributed by atoms with Crippen molar-refractivity contribution in [2.75, 3.05) is 38.2 Å². The van der Waals surface area contributed by atoms with E-state index in [0.717, 1.165) is 0 Å². The van der Waals surface area contributed by atoms with Gasteiger partial charge in [0, 0.05) is 19.6 Å². The van der Waals surface area contributed by atoms with Crippen LogP contribution in [0.25, 0.3) is 0 Å². The SMILES string of the molecule is CNC(CCN1CCS(=O)(=O)CC1)C(N)=O. The lowest BCUT2D eigenvalue weighted by molar-refractivity contribution is -0.120. The van der Waals surface area contributed by atoms with E-state index in [4.69, 9.17) is 5.73 Å². The third-order valence-electron chi connectivity index (χ3n) is 2.86. The Bertz CT molecular complexity index is 328. The fourth-order valence-corrected chi connectivity index (χ4v) is 2.99. The Labute approximate surface area is 96.1 Å². The van der Waals surface area contributed by atoms with Gasteiger partial charge in [-0.3, -0.25) is 4.79 Å². The molecule has 1 unspecified atom stereocenters. The first-order valence-corrected chi connectivity index (χ1v) is 7.16. The van der Waals surface area contributed by atoms with Gasteiger partial charge in [-0.25, -0.2) is 8.42 Å². The highest BCUT2D eigenvalue weighted by Gasteiger charge is 2.22. The van der Waals surface area contributed by atoms with Gasteiger partial charge in [0.1, 0.15) is 0 Å². The summed E-state index contributed by atoms with van der Waals surface area (Å²) < 4.78 is 22.4. The van der Waals surface area contributed by atoms with Crippen LogP contribution in [0.2, 0.25) is 0 Å². The highest BCUT2D eigenvalue weighted by molar-refractivity contribution is 7.91. The number of nitrogens with two attached hydrogens (primary N) is 1. The number of amides is 1. The van der Waals surface area contributed by atoms with Crippen molar-refractivity contribution in [1.29, 1.82) is 0 Å². The topological polar surface area (TPSA) is 92.5 Å². The Hall–Kier alpha value is -0.660. The number of nitrogens with zero attached hydrogens (tertiary/aromatic N) is 1. The Morgan fingerprint density at radius 1 is 1.44 bits per heavy atom. The van der Waals surface area contributed by atoms with Gasteiger partial charge in [-0.2, -0.15) is 0 Å². The Kier molecular flexibility index (Phi) is 4.69. The van der Waals surface area contributed by atoms with Crippen molar-refractivity contribution in [2.24, 2.45) is 5.73 Å². The molecule has 0 aromatic heterocycles. The molecule has 0 aromatic carbocycles. The van der Waals surface area contributed by atoms with Gasteiger partial charge in [0.05, 0.1) is 17.5 Å². The average Bonchev–Trinajstić information content (AvgIpc) is 2.20. The zero-order valence-electron chi connectivity index (χ0n) is 9.48. The number of rotatable bonds is 5. The number of carbonyl (C=O) groups excluding carboxylic acids is 1. The van der Waals surface area contributed by atoms with Crippen molar-refractivity contribution in [3.8, 4) is 0 Å². The van der Waals surface area contributed by atoms with Crippen molar-refractivity contribution < 1.29 is 13.2 Å². The quantitative estimate of drug-likeness (QED) is 0.598. The van der Waals surface area contributed by atoms with Crippen molar-refractivity contribution in [2.45, 2.75) is 12.5 Å². The van der Waals surface area contributed by atoms with Crippen molar-refractivity contribution >= 4 is 15.7 Å². The minimum absolute atomic E-state index is 0.216. The van der Waals surface area contributed by atoms with Crippen LogP contribution < -0.4 is 11.1 Å². The first kappa shape index (κ1) is 13.4. The summed E-state index contributed by atoms with van der Waals surface area (Å²) in [5, 5.41) is 2.84. The number of nitrogens with one attached hydrogen (secondary N) is 1. The summed E-state index contributed by atoms with van der Waals surface area (Å²) >= 11 is 0. The Balaban J connectivity index is 2.32. The van der Waals surface area contributed by atoms with Gasteiger partial charge < -0.3 is 16.0 Å². The summed E-state index contributed by atoms with van der Waals surface area (Å²) in [6, 6.07) is -0.335. The highest BCUT2D eigenvalue weighted by atomic mass is 32.2. The van der Waals surface area contributed by atoms with E-state index in [-0.39, 0.29) is 23.5 Å². The molecule has 1 aliphatic heterocycles. The predicted molar refractivity (Wildman–Crippen MR) is 61.8 cm³/mol. The van der Waals surface area contributed by atoms with Gasteiger partial charge in [0.2, 0.25) is 5.91 Å². The first-order chi connectivity index (χ1) is 7.44. The minimum Gasteiger partial charge on any atom is -0.368 e. The van der Waals surface area contributed by atoms with Gasteiger partial charge in [-0.1, -0.05) is 0 Å². The van der Waals surface area contributed by atoms with Gasteiger partial charge in [-0.15, -0.1) is 0 Å². The number of primary amides is 1. The standard InChI is InChI=1S/C9H19N3O3S/c1-11-8(9(10)13)2-3-12-4-6-16(14,15)7-5-12/h8,11H,2-7H2,1H3,(H2,10,13). The lowest BCUT2D eigenvalue weighted by Gasteiger charge is -2.27. The molecule has 1 heterocycles. The highest BCUT2D eigenvalue weighted by Crippen LogP contribution is 2.05. The largest absolute Gasteiger partial charge is 0.368 e. The van der Waals surface area contributed by atoms with Crippen LogP contribution in [-0.2, 0) is 14.6 Å². The zero-order chi connectivity index (χ0) is 12.2. The van der Waals surface area contributed by atoms with Crippen LogP contribution >= 0.6 is 0 Å². The summed E-state index contributed by atoms with van der Waals surface area (Å²) in [7, 11) is -1.13. The summed E-state index contributed by atoms with van der Waals surface area (Å²) in [6.07, 6.45) is 0.617. The number of hydrogen-bond donors (Lipinski definition) is 2. The average molecular weight is 249 g/mol. The Morgan fingerprint density at radius 3 is 2.44 bits per heavy atom. The maximum absolute atomic E-state index is 11.2. The molecule has 0 aromatic rings.